The van der Waals surface area contributed by atoms with Crippen molar-refractivity contribution in [1.29, 1.82) is 0 Å². The molecular formula is C14H9ClFNO. The summed E-state index contributed by atoms with van der Waals surface area (Å²) in [5.41, 5.74) is 1.36. The number of benzene rings is 1. The number of hydrogen-bond donors (Lipinski definition) is 0. The van der Waals surface area contributed by atoms with Gasteiger partial charge in [0, 0.05) is 17.3 Å². The van der Waals surface area contributed by atoms with E-state index in [1.807, 2.05) is 0 Å². The zero-order valence-corrected chi connectivity index (χ0v) is 10.3. The molecule has 1 heterocycles. The summed E-state index contributed by atoms with van der Waals surface area (Å²) in [6.07, 6.45) is 3.22. The van der Waals surface area contributed by atoms with Crippen molar-refractivity contribution in [3.05, 3.63) is 58.6 Å². The van der Waals surface area contributed by atoms with E-state index >= 15 is 0 Å². The maximum atomic E-state index is 13.0. The normalized spacial score (nSPS) is 9.50. The Kier molecular flexibility index (Phi) is 3.81. The molecule has 0 saturated carbocycles. The molecule has 0 aliphatic heterocycles. The average molecular weight is 262 g/mol. The Hall–Kier alpha value is -2.05. The monoisotopic (exact) mass is 261 g/mol. The second-order valence-electron chi connectivity index (χ2n) is 3.49. The second kappa shape index (κ2) is 5.52. The van der Waals surface area contributed by atoms with Crippen LogP contribution in [0.2, 0.25) is 5.02 Å². The van der Waals surface area contributed by atoms with Gasteiger partial charge < -0.3 is 4.74 Å². The van der Waals surface area contributed by atoms with E-state index in [9.17, 15) is 4.39 Å². The van der Waals surface area contributed by atoms with E-state index in [1.54, 1.807) is 31.6 Å². The van der Waals surface area contributed by atoms with Crippen molar-refractivity contribution in [1.82, 2.24) is 4.98 Å². The predicted molar refractivity (Wildman–Crippen MR) is 68.2 cm³/mol. The lowest BCUT2D eigenvalue weighted by molar-refractivity contribution is 0.413. The molecule has 0 N–H and O–H groups in total. The van der Waals surface area contributed by atoms with Gasteiger partial charge in [0.15, 0.2) is 0 Å². The SMILES string of the molecule is COc1cncc(C#Cc2ccc(F)c(Cl)c2)c1. The number of aromatic nitrogens is 1. The first kappa shape index (κ1) is 12.4. The van der Waals surface area contributed by atoms with Gasteiger partial charge in [-0.2, -0.15) is 0 Å². The highest BCUT2D eigenvalue weighted by Gasteiger charge is 1.98. The minimum atomic E-state index is -0.453. The van der Waals surface area contributed by atoms with Crippen molar-refractivity contribution in [3.8, 4) is 17.6 Å². The number of rotatable bonds is 1. The molecule has 2 rings (SSSR count). The summed E-state index contributed by atoms with van der Waals surface area (Å²) < 4.78 is 18.0. The van der Waals surface area contributed by atoms with Crippen LogP contribution in [0.3, 0.4) is 0 Å². The smallest absolute Gasteiger partial charge is 0.141 e. The maximum Gasteiger partial charge on any atom is 0.141 e. The van der Waals surface area contributed by atoms with E-state index < -0.39 is 5.82 Å². The van der Waals surface area contributed by atoms with Crippen molar-refractivity contribution in [3.63, 3.8) is 0 Å². The summed E-state index contributed by atoms with van der Waals surface area (Å²) in [6, 6.07) is 6.11. The fourth-order valence-electron chi connectivity index (χ4n) is 1.32. The molecule has 90 valence electrons. The lowest BCUT2D eigenvalue weighted by Crippen LogP contribution is -1.85. The quantitative estimate of drug-likeness (QED) is 0.735. The third-order valence-corrected chi connectivity index (χ3v) is 2.51. The van der Waals surface area contributed by atoms with Crippen molar-refractivity contribution in [2.75, 3.05) is 7.11 Å². The third-order valence-electron chi connectivity index (χ3n) is 2.22. The highest BCUT2D eigenvalue weighted by molar-refractivity contribution is 6.30. The number of ether oxygens (including phenoxy) is 1. The van der Waals surface area contributed by atoms with Crippen LogP contribution < -0.4 is 4.74 Å². The Morgan fingerprint density at radius 3 is 2.67 bits per heavy atom. The van der Waals surface area contributed by atoms with E-state index in [0.29, 0.717) is 11.3 Å². The number of methoxy groups -OCH3 is 1. The molecular weight excluding hydrogens is 253 g/mol. The van der Waals surface area contributed by atoms with Gasteiger partial charge in [0.1, 0.15) is 11.6 Å². The highest BCUT2D eigenvalue weighted by Crippen LogP contribution is 2.15. The van der Waals surface area contributed by atoms with Gasteiger partial charge in [-0.3, -0.25) is 4.98 Å². The van der Waals surface area contributed by atoms with Crippen molar-refractivity contribution < 1.29 is 9.13 Å². The number of halogens is 2. The fourth-order valence-corrected chi connectivity index (χ4v) is 1.50. The summed E-state index contributed by atoms with van der Waals surface area (Å²) in [5, 5.41) is 0.0607. The molecule has 0 aliphatic carbocycles. The molecule has 0 saturated heterocycles. The van der Waals surface area contributed by atoms with Crippen LogP contribution in [0, 0.1) is 17.7 Å². The molecule has 0 radical (unpaired) electrons. The van der Waals surface area contributed by atoms with Crippen molar-refractivity contribution in [2.24, 2.45) is 0 Å². The average Bonchev–Trinajstić information content (AvgIpc) is 2.40. The van der Waals surface area contributed by atoms with Crippen LogP contribution in [0.1, 0.15) is 11.1 Å². The summed E-state index contributed by atoms with van der Waals surface area (Å²) in [7, 11) is 1.56. The van der Waals surface area contributed by atoms with Gasteiger partial charge in [-0.05, 0) is 24.3 Å². The van der Waals surface area contributed by atoms with Gasteiger partial charge in [-0.15, -0.1) is 0 Å². The third kappa shape index (κ3) is 2.99. The molecule has 0 atom stereocenters. The van der Waals surface area contributed by atoms with Crippen LogP contribution in [0.15, 0.2) is 36.7 Å². The second-order valence-corrected chi connectivity index (χ2v) is 3.90. The van der Waals surface area contributed by atoms with Crippen molar-refractivity contribution in [2.45, 2.75) is 0 Å². The fraction of sp³-hybridized carbons (Fsp3) is 0.0714. The minimum Gasteiger partial charge on any atom is -0.495 e. The van der Waals surface area contributed by atoms with Gasteiger partial charge in [0.05, 0.1) is 18.3 Å². The Balaban J connectivity index is 2.27. The molecule has 2 nitrogen and oxygen atoms in total. The van der Waals surface area contributed by atoms with Crippen LogP contribution in [-0.2, 0) is 0 Å². The van der Waals surface area contributed by atoms with Gasteiger partial charge >= 0.3 is 0 Å². The van der Waals surface area contributed by atoms with Gasteiger partial charge in [-0.1, -0.05) is 23.4 Å². The lowest BCUT2D eigenvalue weighted by Gasteiger charge is -1.97. The molecule has 18 heavy (non-hydrogen) atoms. The summed E-state index contributed by atoms with van der Waals surface area (Å²) in [4.78, 5) is 3.99. The van der Waals surface area contributed by atoms with E-state index in [1.165, 1.54) is 12.1 Å². The van der Waals surface area contributed by atoms with Gasteiger partial charge in [-0.25, -0.2) is 4.39 Å². The molecule has 0 unspecified atom stereocenters. The number of nitrogens with zero attached hydrogens (tertiary/aromatic N) is 1. The Bertz CT molecular complexity index is 631. The van der Waals surface area contributed by atoms with E-state index in [0.717, 1.165) is 5.56 Å². The summed E-state index contributed by atoms with van der Waals surface area (Å²) >= 11 is 5.67. The largest absolute Gasteiger partial charge is 0.495 e. The zero-order valence-electron chi connectivity index (χ0n) is 9.58. The lowest BCUT2D eigenvalue weighted by atomic mass is 10.2. The molecule has 2 aromatic rings. The standard InChI is InChI=1S/C14H9ClFNO/c1-18-12-6-11(8-17-9-12)3-2-10-4-5-14(16)13(15)7-10/h4-9H,1H3. The molecule has 0 fully saturated rings. The van der Waals surface area contributed by atoms with Crippen LogP contribution in [-0.4, -0.2) is 12.1 Å². The number of pyridine rings is 1. The Morgan fingerprint density at radius 1 is 1.17 bits per heavy atom. The van der Waals surface area contributed by atoms with Crippen LogP contribution in [0.5, 0.6) is 5.75 Å². The maximum absolute atomic E-state index is 13.0. The minimum absolute atomic E-state index is 0.0607. The Labute approximate surface area is 109 Å². The van der Waals surface area contributed by atoms with Crippen molar-refractivity contribution >= 4 is 11.6 Å². The first-order valence-electron chi connectivity index (χ1n) is 5.15. The molecule has 1 aromatic heterocycles. The highest BCUT2D eigenvalue weighted by atomic mass is 35.5. The molecule has 0 bridgehead atoms. The molecule has 0 aliphatic rings. The molecule has 0 spiro atoms. The van der Waals surface area contributed by atoms with Crippen LogP contribution in [0.25, 0.3) is 0 Å². The first-order valence-corrected chi connectivity index (χ1v) is 5.53. The number of hydrogen-bond acceptors (Lipinski definition) is 2. The molecule has 1 aromatic carbocycles. The molecule has 0 amide bonds. The van der Waals surface area contributed by atoms with Gasteiger partial charge in [0.25, 0.3) is 0 Å². The van der Waals surface area contributed by atoms with E-state index in [4.69, 9.17) is 16.3 Å². The first-order chi connectivity index (χ1) is 8.69. The molecule has 4 heteroatoms. The zero-order chi connectivity index (χ0) is 13.0. The van der Waals surface area contributed by atoms with Crippen LogP contribution >= 0.6 is 11.6 Å². The van der Waals surface area contributed by atoms with Gasteiger partial charge in [0.2, 0.25) is 0 Å². The Morgan fingerprint density at radius 2 is 1.94 bits per heavy atom. The van der Waals surface area contributed by atoms with E-state index in [2.05, 4.69) is 16.8 Å². The van der Waals surface area contributed by atoms with Crippen LogP contribution in [0.4, 0.5) is 4.39 Å². The summed E-state index contributed by atoms with van der Waals surface area (Å²) in [6.45, 7) is 0. The van der Waals surface area contributed by atoms with E-state index in [-0.39, 0.29) is 5.02 Å². The summed E-state index contributed by atoms with van der Waals surface area (Å²) in [5.74, 6) is 5.98. The topological polar surface area (TPSA) is 22.1 Å². The predicted octanol–water partition coefficient (Wildman–Crippen LogP) is 3.28.